The highest BCUT2D eigenvalue weighted by Gasteiger charge is 1.87. The summed E-state index contributed by atoms with van der Waals surface area (Å²) in [6.45, 7) is 5.89. The fraction of sp³-hybridized carbons (Fsp3) is 1.00. The van der Waals surface area contributed by atoms with Crippen molar-refractivity contribution in [1.82, 2.24) is 0 Å². The normalized spacial score (nSPS) is 12.7. The minimum Gasteiger partial charge on any atom is -0.424 e. The first-order valence-corrected chi connectivity index (χ1v) is 6.72. The first-order valence-electron chi connectivity index (χ1n) is 3.57. The zero-order chi connectivity index (χ0) is 6.95. The van der Waals surface area contributed by atoms with E-state index in [2.05, 4.69) is 13.8 Å². The van der Waals surface area contributed by atoms with E-state index in [0.29, 0.717) is 0 Å². The molecule has 0 aromatic rings. The largest absolute Gasteiger partial charge is 0.424 e. The monoisotopic (exact) mass is 164 g/mol. The van der Waals surface area contributed by atoms with Gasteiger partial charge in [0.1, 0.15) is 0 Å². The molecule has 4 heteroatoms. The summed E-state index contributed by atoms with van der Waals surface area (Å²) in [5, 5.41) is 0. The van der Waals surface area contributed by atoms with E-state index in [1.54, 1.807) is 0 Å². The zero-order valence-electron chi connectivity index (χ0n) is 6.35. The lowest BCUT2D eigenvalue weighted by Gasteiger charge is -1.98. The van der Waals surface area contributed by atoms with Gasteiger partial charge in [0.25, 0.3) is 0 Å². The Kier molecular flexibility index (Phi) is 8.68. The molecule has 56 valence electrons. The van der Waals surface area contributed by atoms with Gasteiger partial charge in [-0.2, -0.15) is 0 Å². The van der Waals surface area contributed by atoms with Crippen LogP contribution in [0.4, 0.5) is 0 Å². The van der Waals surface area contributed by atoms with Gasteiger partial charge in [-0.05, 0) is 19.5 Å². The molecule has 0 aromatic heterocycles. The van der Waals surface area contributed by atoms with Crippen molar-refractivity contribution in [3.63, 3.8) is 0 Å². The maximum absolute atomic E-state index is 5.27. The summed E-state index contributed by atoms with van der Waals surface area (Å²) < 4.78 is 10.5. The Morgan fingerprint density at radius 2 is 1.44 bits per heavy atom. The quantitative estimate of drug-likeness (QED) is 0.393. The second-order valence-electron chi connectivity index (χ2n) is 1.75. The summed E-state index contributed by atoms with van der Waals surface area (Å²) >= 11 is 0. The molecule has 0 rings (SSSR count). The van der Waals surface area contributed by atoms with Gasteiger partial charge in [-0.15, -0.1) is 0 Å². The predicted molar refractivity (Wildman–Crippen MR) is 45.1 cm³/mol. The molecule has 0 aliphatic heterocycles. The van der Waals surface area contributed by atoms with Gasteiger partial charge >= 0.3 is 0 Å². The van der Waals surface area contributed by atoms with Crippen LogP contribution in [0.1, 0.15) is 13.8 Å². The second kappa shape index (κ2) is 8.35. The van der Waals surface area contributed by atoms with Gasteiger partial charge in [0, 0.05) is 13.2 Å². The van der Waals surface area contributed by atoms with Crippen LogP contribution in [0, 0.1) is 0 Å². The fourth-order valence-corrected chi connectivity index (χ4v) is 3.23. The standard InChI is InChI=1S/C5H16O2Si2/c1-3-6-8-5-9-7-4-2/h3-5,8-9H2,1-2H3. The van der Waals surface area contributed by atoms with E-state index < -0.39 is 0 Å². The third-order valence-electron chi connectivity index (χ3n) is 0.986. The van der Waals surface area contributed by atoms with Crippen molar-refractivity contribution in [3.8, 4) is 0 Å². The second-order valence-corrected chi connectivity index (χ2v) is 6.21. The van der Waals surface area contributed by atoms with Crippen molar-refractivity contribution < 1.29 is 8.85 Å². The SMILES string of the molecule is CCO[SiH2]C[SiH2]OCC. The van der Waals surface area contributed by atoms with Gasteiger partial charge in [-0.1, -0.05) is 0 Å². The molecule has 2 nitrogen and oxygen atoms in total. The minimum atomic E-state index is -0.172. The lowest BCUT2D eigenvalue weighted by molar-refractivity contribution is 0.350. The summed E-state index contributed by atoms with van der Waals surface area (Å²) in [7, 11) is -0.345. The van der Waals surface area contributed by atoms with Crippen LogP contribution < -0.4 is 0 Å². The summed E-state index contributed by atoms with van der Waals surface area (Å²) in [6, 6.07) is 0. The molecule has 0 aromatic carbocycles. The number of hydrogen-bond donors (Lipinski definition) is 0. The molecule has 0 unspecified atom stereocenters. The molecular formula is C5H16O2Si2. The van der Waals surface area contributed by atoms with E-state index in [-0.39, 0.29) is 19.5 Å². The van der Waals surface area contributed by atoms with Crippen molar-refractivity contribution >= 4 is 19.5 Å². The van der Waals surface area contributed by atoms with Crippen LogP contribution in [0.25, 0.3) is 0 Å². The van der Waals surface area contributed by atoms with Crippen LogP contribution in [-0.2, 0) is 8.85 Å². The van der Waals surface area contributed by atoms with Crippen molar-refractivity contribution in [2.24, 2.45) is 0 Å². The fourth-order valence-electron chi connectivity index (χ4n) is 0.552. The molecule has 0 aliphatic carbocycles. The Labute approximate surface area is 61.8 Å². The van der Waals surface area contributed by atoms with E-state index in [0.717, 1.165) is 13.2 Å². The van der Waals surface area contributed by atoms with Crippen LogP contribution >= 0.6 is 0 Å². The van der Waals surface area contributed by atoms with Crippen molar-refractivity contribution in [3.05, 3.63) is 0 Å². The predicted octanol–water partition coefficient (Wildman–Crippen LogP) is -0.397. The van der Waals surface area contributed by atoms with Crippen molar-refractivity contribution in [2.45, 2.75) is 19.5 Å². The molecule has 0 saturated carbocycles. The van der Waals surface area contributed by atoms with Gasteiger partial charge in [0.05, 0.1) is 0 Å². The van der Waals surface area contributed by atoms with E-state index in [1.165, 1.54) is 5.67 Å². The lowest BCUT2D eigenvalue weighted by Crippen LogP contribution is -2.05. The third kappa shape index (κ3) is 8.35. The van der Waals surface area contributed by atoms with E-state index >= 15 is 0 Å². The molecule has 0 radical (unpaired) electrons. The van der Waals surface area contributed by atoms with Crippen LogP contribution in [0.5, 0.6) is 0 Å². The Morgan fingerprint density at radius 1 is 1.00 bits per heavy atom. The summed E-state index contributed by atoms with van der Waals surface area (Å²) in [5.74, 6) is 0. The molecule has 9 heavy (non-hydrogen) atoms. The van der Waals surface area contributed by atoms with Crippen LogP contribution in [0.15, 0.2) is 0 Å². The van der Waals surface area contributed by atoms with Gasteiger partial charge in [0.2, 0.25) is 0 Å². The third-order valence-corrected chi connectivity index (χ3v) is 4.69. The van der Waals surface area contributed by atoms with Gasteiger partial charge < -0.3 is 8.85 Å². The number of hydrogen-bond acceptors (Lipinski definition) is 2. The molecule has 0 heterocycles. The first-order chi connectivity index (χ1) is 4.41. The topological polar surface area (TPSA) is 18.5 Å². The average Bonchev–Trinajstić information content (AvgIpc) is 1.89. The molecule has 0 N–H and O–H groups in total. The molecule has 0 saturated heterocycles. The van der Waals surface area contributed by atoms with E-state index in [1.807, 2.05) is 0 Å². The first kappa shape index (κ1) is 9.35. The maximum Gasteiger partial charge on any atom is 0.160 e. The summed E-state index contributed by atoms with van der Waals surface area (Å²) in [6.07, 6.45) is 0. The average molecular weight is 164 g/mol. The Balaban J connectivity index is 2.60. The van der Waals surface area contributed by atoms with E-state index in [9.17, 15) is 0 Å². The summed E-state index contributed by atoms with van der Waals surface area (Å²) in [4.78, 5) is 0. The molecular weight excluding hydrogens is 148 g/mol. The van der Waals surface area contributed by atoms with Gasteiger partial charge in [-0.25, -0.2) is 0 Å². The smallest absolute Gasteiger partial charge is 0.160 e. The van der Waals surface area contributed by atoms with Gasteiger partial charge in [-0.3, -0.25) is 0 Å². The number of rotatable bonds is 6. The highest BCUT2D eigenvalue weighted by molar-refractivity contribution is 6.48. The van der Waals surface area contributed by atoms with Crippen LogP contribution in [-0.4, -0.2) is 32.7 Å². The van der Waals surface area contributed by atoms with Crippen molar-refractivity contribution in [1.29, 1.82) is 0 Å². The maximum atomic E-state index is 5.27. The Morgan fingerprint density at radius 3 is 1.78 bits per heavy atom. The highest BCUT2D eigenvalue weighted by atomic mass is 28.3. The molecule has 0 atom stereocenters. The Bertz CT molecular complexity index is 46.2. The van der Waals surface area contributed by atoms with Crippen molar-refractivity contribution in [2.75, 3.05) is 13.2 Å². The lowest BCUT2D eigenvalue weighted by atomic mass is 10.9. The molecule has 0 amide bonds. The van der Waals surface area contributed by atoms with Crippen LogP contribution in [0.2, 0.25) is 5.67 Å². The Hall–Kier alpha value is 0.354. The highest BCUT2D eigenvalue weighted by Crippen LogP contribution is 1.79. The van der Waals surface area contributed by atoms with E-state index in [4.69, 9.17) is 8.85 Å². The molecule has 0 fully saturated rings. The minimum absolute atomic E-state index is 0.172. The van der Waals surface area contributed by atoms with Gasteiger partial charge in [0.15, 0.2) is 19.5 Å². The van der Waals surface area contributed by atoms with Crippen LogP contribution in [0.3, 0.4) is 0 Å². The zero-order valence-corrected chi connectivity index (χ0v) is 9.18. The molecule has 0 bridgehead atoms. The summed E-state index contributed by atoms with van der Waals surface area (Å²) in [5.41, 5.74) is 1.29. The molecule has 0 aliphatic rings. The molecule has 0 spiro atoms.